The summed E-state index contributed by atoms with van der Waals surface area (Å²) >= 11 is 0. The number of rotatable bonds is 6. The third kappa shape index (κ3) is 11.9. The maximum absolute atomic E-state index is 5.65. The minimum absolute atomic E-state index is 0. The Kier molecular flexibility index (Phi) is 12.1. The molecule has 0 aromatic heterocycles. The van der Waals surface area contributed by atoms with E-state index in [1.54, 1.807) is 0 Å². The van der Waals surface area contributed by atoms with Crippen LogP contribution in [-0.2, 0) is 4.74 Å². The van der Waals surface area contributed by atoms with Crippen molar-refractivity contribution in [1.29, 1.82) is 0 Å². The van der Waals surface area contributed by atoms with Crippen LogP contribution in [0.25, 0.3) is 0 Å². The van der Waals surface area contributed by atoms with Crippen LogP contribution in [0.4, 0.5) is 0 Å². The van der Waals surface area contributed by atoms with Crippen LogP contribution < -0.4 is 11.1 Å². The molecule has 15 heavy (non-hydrogen) atoms. The van der Waals surface area contributed by atoms with Gasteiger partial charge < -0.3 is 15.8 Å². The van der Waals surface area contributed by atoms with Gasteiger partial charge in [-0.1, -0.05) is 6.92 Å². The van der Waals surface area contributed by atoms with Crippen molar-refractivity contribution in [2.45, 2.75) is 46.3 Å². The third-order valence-corrected chi connectivity index (χ3v) is 1.83. The molecule has 0 fully saturated rings. The van der Waals surface area contributed by atoms with E-state index >= 15 is 0 Å². The highest BCUT2D eigenvalue weighted by atomic mass is 127. The lowest BCUT2D eigenvalue weighted by atomic mass is 10.3. The van der Waals surface area contributed by atoms with Gasteiger partial charge >= 0.3 is 0 Å². The van der Waals surface area contributed by atoms with Crippen molar-refractivity contribution in [2.75, 3.05) is 13.2 Å². The number of hydrogen-bond donors (Lipinski definition) is 2. The number of nitrogens with one attached hydrogen (secondary N) is 1. The van der Waals surface area contributed by atoms with Crippen LogP contribution in [0.15, 0.2) is 4.99 Å². The van der Waals surface area contributed by atoms with Gasteiger partial charge in [-0.2, -0.15) is 0 Å². The lowest BCUT2D eigenvalue weighted by Gasteiger charge is -2.11. The van der Waals surface area contributed by atoms with Crippen molar-refractivity contribution >= 4 is 29.9 Å². The zero-order chi connectivity index (χ0) is 11.0. The summed E-state index contributed by atoms with van der Waals surface area (Å²) in [4.78, 5) is 4.14. The molecule has 0 radical (unpaired) electrons. The van der Waals surface area contributed by atoms with E-state index in [1.807, 2.05) is 13.8 Å². The van der Waals surface area contributed by atoms with E-state index < -0.39 is 0 Å². The topological polar surface area (TPSA) is 59.6 Å². The summed E-state index contributed by atoms with van der Waals surface area (Å²) in [6.07, 6.45) is 1.30. The standard InChI is InChI=1S/C10H23N3O.HI/c1-5-9(4)13-10(11)12-6-7-14-8(2)3;/h8-9H,5-7H2,1-4H3,(H3,11,12,13);1H. The van der Waals surface area contributed by atoms with Gasteiger partial charge in [0.2, 0.25) is 0 Å². The van der Waals surface area contributed by atoms with Gasteiger partial charge in [0, 0.05) is 6.04 Å². The molecule has 4 nitrogen and oxygen atoms in total. The van der Waals surface area contributed by atoms with E-state index in [9.17, 15) is 0 Å². The predicted octanol–water partition coefficient (Wildman–Crippen LogP) is 1.73. The average molecular weight is 329 g/mol. The summed E-state index contributed by atoms with van der Waals surface area (Å²) in [5.41, 5.74) is 5.65. The van der Waals surface area contributed by atoms with E-state index in [-0.39, 0.29) is 30.1 Å². The van der Waals surface area contributed by atoms with E-state index in [1.165, 1.54) is 0 Å². The number of nitrogens with two attached hydrogens (primary N) is 1. The molecule has 1 unspecified atom stereocenters. The first kappa shape index (κ1) is 17.4. The maximum atomic E-state index is 5.65. The molecular weight excluding hydrogens is 305 g/mol. The molecule has 0 saturated heterocycles. The van der Waals surface area contributed by atoms with Crippen molar-refractivity contribution < 1.29 is 4.74 Å². The lowest BCUT2D eigenvalue weighted by Crippen LogP contribution is -2.38. The van der Waals surface area contributed by atoms with Crippen LogP contribution in [0, 0.1) is 0 Å². The van der Waals surface area contributed by atoms with Crippen LogP contribution in [-0.4, -0.2) is 31.3 Å². The number of nitrogens with zero attached hydrogens (tertiary/aromatic N) is 1. The third-order valence-electron chi connectivity index (χ3n) is 1.83. The van der Waals surface area contributed by atoms with Crippen LogP contribution in [0.2, 0.25) is 0 Å². The van der Waals surface area contributed by atoms with Gasteiger partial charge in [0.05, 0.1) is 19.3 Å². The summed E-state index contributed by atoms with van der Waals surface area (Å²) < 4.78 is 5.33. The SMILES string of the molecule is CCC(C)NC(N)=NCCOC(C)C.I. The van der Waals surface area contributed by atoms with Crippen molar-refractivity contribution in [3.8, 4) is 0 Å². The largest absolute Gasteiger partial charge is 0.377 e. The van der Waals surface area contributed by atoms with Gasteiger partial charge in [0.1, 0.15) is 0 Å². The molecule has 0 aliphatic rings. The number of halogens is 1. The first-order valence-corrected chi connectivity index (χ1v) is 5.24. The second-order valence-electron chi connectivity index (χ2n) is 3.64. The van der Waals surface area contributed by atoms with E-state index in [0.29, 0.717) is 25.2 Å². The molecule has 5 heteroatoms. The highest BCUT2D eigenvalue weighted by Gasteiger charge is 1.98. The second-order valence-corrected chi connectivity index (χ2v) is 3.64. The predicted molar refractivity (Wildman–Crippen MR) is 75.9 cm³/mol. The molecule has 3 N–H and O–H groups in total. The fourth-order valence-electron chi connectivity index (χ4n) is 0.855. The Morgan fingerprint density at radius 3 is 2.47 bits per heavy atom. The highest BCUT2D eigenvalue weighted by Crippen LogP contribution is 1.88. The maximum Gasteiger partial charge on any atom is 0.188 e. The van der Waals surface area contributed by atoms with Crippen LogP contribution in [0.3, 0.4) is 0 Å². The summed E-state index contributed by atoms with van der Waals surface area (Å²) in [6.45, 7) is 9.43. The molecule has 0 aromatic rings. The average Bonchev–Trinajstić information content (AvgIpc) is 2.12. The molecule has 0 aromatic carbocycles. The van der Waals surface area contributed by atoms with Gasteiger partial charge in [-0.15, -0.1) is 24.0 Å². The summed E-state index contributed by atoms with van der Waals surface area (Å²) in [7, 11) is 0. The zero-order valence-electron chi connectivity index (χ0n) is 10.1. The summed E-state index contributed by atoms with van der Waals surface area (Å²) in [5.74, 6) is 0.506. The van der Waals surface area contributed by atoms with Crippen molar-refractivity contribution in [3.63, 3.8) is 0 Å². The molecule has 0 amide bonds. The lowest BCUT2D eigenvalue weighted by molar-refractivity contribution is 0.0853. The first-order chi connectivity index (χ1) is 6.56. The molecule has 92 valence electrons. The fourth-order valence-corrected chi connectivity index (χ4v) is 0.855. The second kappa shape index (κ2) is 10.5. The molecule has 0 aliphatic carbocycles. The van der Waals surface area contributed by atoms with E-state index in [2.05, 4.69) is 24.2 Å². The number of hydrogen-bond acceptors (Lipinski definition) is 2. The molecule has 0 heterocycles. The summed E-state index contributed by atoms with van der Waals surface area (Å²) in [6, 6.07) is 0.379. The van der Waals surface area contributed by atoms with Crippen LogP contribution in [0.5, 0.6) is 0 Å². The Morgan fingerprint density at radius 2 is 2.00 bits per heavy atom. The van der Waals surface area contributed by atoms with E-state index in [4.69, 9.17) is 10.5 Å². The van der Waals surface area contributed by atoms with Crippen molar-refractivity contribution in [1.82, 2.24) is 5.32 Å². The molecule has 0 saturated carbocycles. The number of aliphatic imine (C=N–C) groups is 1. The molecule has 1 atom stereocenters. The van der Waals surface area contributed by atoms with Gasteiger partial charge in [0.15, 0.2) is 5.96 Å². The fraction of sp³-hybridized carbons (Fsp3) is 0.900. The van der Waals surface area contributed by atoms with Crippen LogP contribution >= 0.6 is 24.0 Å². The highest BCUT2D eigenvalue weighted by molar-refractivity contribution is 14.0. The first-order valence-electron chi connectivity index (χ1n) is 5.24. The number of ether oxygens (including phenoxy) is 1. The van der Waals surface area contributed by atoms with Gasteiger partial charge in [0.25, 0.3) is 0 Å². The molecule has 0 rings (SSSR count). The quantitative estimate of drug-likeness (QED) is 0.338. The van der Waals surface area contributed by atoms with Crippen molar-refractivity contribution in [3.05, 3.63) is 0 Å². The monoisotopic (exact) mass is 329 g/mol. The Bertz CT molecular complexity index is 174. The smallest absolute Gasteiger partial charge is 0.188 e. The molecular formula is C10H24IN3O. The Morgan fingerprint density at radius 1 is 1.40 bits per heavy atom. The van der Waals surface area contributed by atoms with Gasteiger partial charge in [-0.3, -0.25) is 4.99 Å². The normalized spacial score (nSPS) is 13.5. The number of guanidine groups is 1. The van der Waals surface area contributed by atoms with Crippen molar-refractivity contribution in [2.24, 2.45) is 10.7 Å². The van der Waals surface area contributed by atoms with Crippen LogP contribution in [0.1, 0.15) is 34.1 Å². The van der Waals surface area contributed by atoms with Gasteiger partial charge in [-0.25, -0.2) is 0 Å². The summed E-state index contributed by atoms with van der Waals surface area (Å²) in [5, 5.41) is 3.09. The zero-order valence-corrected chi connectivity index (χ0v) is 12.4. The van der Waals surface area contributed by atoms with Gasteiger partial charge in [-0.05, 0) is 27.2 Å². The molecule has 0 bridgehead atoms. The molecule has 0 aliphatic heterocycles. The van der Waals surface area contributed by atoms with E-state index in [0.717, 1.165) is 6.42 Å². The minimum Gasteiger partial charge on any atom is -0.377 e. The Hall–Kier alpha value is -0.0400. The Balaban J connectivity index is 0. The Labute approximate surface area is 110 Å². The minimum atomic E-state index is 0. The molecule has 0 spiro atoms.